The first-order valence-electron chi connectivity index (χ1n) is 4.91. The number of aldehydes is 1. The molecule has 0 heterocycles. The molecule has 2 nitrogen and oxygen atoms in total. The van der Waals surface area contributed by atoms with Gasteiger partial charge in [0.2, 0.25) is 0 Å². The average Bonchev–Trinajstić information content (AvgIpc) is 2.30. The number of hydrogen-bond donors (Lipinski definition) is 0. The van der Waals surface area contributed by atoms with Crippen LogP contribution in [0.2, 0.25) is 0 Å². The topological polar surface area (TPSA) is 26.3 Å². The van der Waals surface area contributed by atoms with Gasteiger partial charge in [0, 0.05) is 7.11 Å². The van der Waals surface area contributed by atoms with Gasteiger partial charge in [0.1, 0.15) is 6.10 Å². The Morgan fingerprint density at radius 3 is 2.80 bits per heavy atom. The number of rotatable bonds is 4. The summed E-state index contributed by atoms with van der Waals surface area (Å²) in [7, 11) is 1.62. The lowest BCUT2D eigenvalue weighted by Gasteiger charge is -2.19. The largest absolute Gasteiger partial charge is 0.372 e. The van der Waals surface area contributed by atoms with E-state index in [1.807, 2.05) is 13.0 Å². The Kier molecular flexibility index (Phi) is 4.79. The fourth-order valence-electron chi connectivity index (χ4n) is 1.61. The lowest BCUT2D eigenvalue weighted by Crippen LogP contribution is -2.16. The van der Waals surface area contributed by atoms with Crippen LogP contribution in [0.5, 0.6) is 0 Å². The molecule has 0 bridgehead atoms. The molecule has 1 aliphatic carbocycles. The number of ether oxygens (including phenoxy) is 1. The van der Waals surface area contributed by atoms with Crippen LogP contribution in [0.15, 0.2) is 34.4 Å². The standard InChI is InChI=1S/C12H15ClO2/c1-9(11(13)8-14)12(15-2)10-6-4-3-5-7-10/h4,6-8,12H,3,5H2,1-2H3/b11-9+. The van der Waals surface area contributed by atoms with Crippen molar-refractivity contribution < 1.29 is 9.53 Å². The van der Waals surface area contributed by atoms with Crippen LogP contribution in [0, 0.1) is 0 Å². The van der Waals surface area contributed by atoms with Gasteiger partial charge in [-0.05, 0) is 30.9 Å². The van der Waals surface area contributed by atoms with Crippen molar-refractivity contribution in [3.63, 3.8) is 0 Å². The third kappa shape index (κ3) is 3.05. The second-order valence-corrected chi connectivity index (χ2v) is 3.86. The first-order chi connectivity index (χ1) is 7.20. The zero-order valence-electron chi connectivity index (χ0n) is 9.00. The summed E-state index contributed by atoms with van der Waals surface area (Å²) in [6, 6.07) is 0. The van der Waals surface area contributed by atoms with Gasteiger partial charge in [0.15, 0.2) is 6.29 Å². The van der Waals surface area contributed by atoms with Gasteiger partial charge < -0.3 is 4.74 Å². The Bertz CT molecular complexity index is 327. The van der Waals surface area contributed by atoms with E-state index in [4.69, 9.17) is 16.3 Å². The molecule has 0 aliphatic heterocycles. The van der Waals surface area contributed by atoms with Crippen LogP contribution in [0.1, 0.15) is 19.8 Å². The quantitative estimate of drug-likeness (QED) is 0.544. The Morgan fingerprint density at radius 2 is 2.33 bits per heavy atom. The molecule has 1 rings (SSSR count). The summed E-state index contributed by atoms with van der Waals surface area (Å²) >= 11 is 5.79. The maximum atomic E-state index is 10.6. The van der Waals surface area contributed by atoms with E-state index in [0.29, 0.717) is 6.29 Å². The first-order valence-corrected chi connectivity index (χ1v) is 5.29. The summed E-state index contributed by atoms with van der Waals surface area (Å²) in [6.07, 6.45) is 8.75. The van der Waals surface area contributed by atoms with E-state index < -0.39 is 0 Å². The number of halogens is 1. The fourth-order valence-corrected chi connectivity index (χ4v) is 1.71. The summed E-state index contributed by atoms with van der Waals surface area (Å²) in [4.78, 5) is 10.6. The van der Waals surface area contributed by atoms with Crippen LogP contribution in [-0.2, 0) is 9.53 Å². The van der Waals surface area contributed by atoms with Crippen LogP contribution in [0.3, 0.4) is 0 Å². The van der Waals surface area contributed by atoms with Crippen LogP contribution in [0.25, 0.3) is 0 Å². The molecule has 0 spiro atoms. The molecule has 1 unspecified atom stereocenters. The van der Waals surface area contributed by atoms with Gasteiger partial charge in [-0.3, -0.25) is 4.79 Å². The lowest BCUT2D eigenvalue weighted by atomic mass is 9.97. The minimum atomic E-state index is -0.209. The van der Waals surface area contributed by atoms with E-state index in [-0.39, 0.29) is 11.1 Å². The van der Waals surface area contributed by atoms with E-state index >= 15 is 0 Å². The number of carbonyl (C=O) groups is 1. The van der Waals surface area contributed by atoms with Gasteiger partial charge >= 0.3 is 0 Å². The molecule has 0 saturated heterocycles. The Morgan fingerprint density at radius 1 is 1.60 bits per heavy atom. The van der Waals surface area contributed by atoms with E-state index in [1.165, 1.54) is 0 Å². The second-order valence-electron chi connectivity index (χ2n) is 3.45. The summed E-state index contributed by atoms with van der Waals surface area (Å²) in [5.41, 5.74) is 1.83. The van der Waals surface area contributed by atoms with E-state index in [9.17, 15) is 4.79 Å². The molecule has 15 heavy (non-hydrogen) atoms. The Labute approximate surface area is 95.3 Å². The van der Waals surface area contributed by atoms with E-state index in [0.717, 1.165) is 24.0 Å². The van der Waals surface area contributed by atoms with Crippen molar-refractivity contribution in [1.82, 2.24) is 0 Å². The SMILES string of the molecule is COC(C1=CCCC=C1)/C(C)=C(/Cl)C=O. The highest BCUT2D eigenvalue weighted by Crippen LogP contribution is 2.23. The van der Waals surface area contributed by atoms with Crippen LogP contribution >= 0.6 is 11.6 Å². The molecular weight excluding hydrogens is 212 g/mol. The summed E-state index contributed by atoms with van der Waals surface area (Å²) in [5.74, 6) is 0. The summed E-state index contributed by atoms with van der Waals surface area (Å²) < 4.78 is 5.35. The van der Waals surface area contributed by atoms with E-state index in [1.54, 1.807) is 7.11 Å². The number of carbonyl (C=O) groups excluding carboxylic acids is 1. The van der Waals surface area contributed by atoms with E-state index in [2.05, 4.69) is 12.2 Å². The molecule has 82 valence electrons. The third-order valence-corrected chi connectivity index (χ3v) is 2.82. The second kappa shape index (κ2) is 5.89. The fraction of sp³-hybridized carbons (Fsp3) is 0.417. The molecule has 0 saturated carbocycles. The zero-order valence-corrected chi connectivity index (χ0v) is 9.75. The van der Waals surface area contributed by atoms with Crippen molar-refractivity contribution in [2.75, 3.05) is 7.11 Å². The van der Waals surface area contributed by atoms with Crippen LogP contribution in [-0.4, -0.2) is 19.5 Å². The molecule has 0 aromatic rings. The molecule has 0 aromatic carbocycles. The van der Waals surface area contributed by atoms with Crippen molar-refractivity contribution in [2.24, 2.45) is 0 Å². The van der Waals surface area contributed by atoms with Gasteiger partial charge in [0.25, 0.3) is 0 Å². The number of hydrogen-bond acceptors (Lipinski definition) is 2. The van der Waals surface area contributed by atoms with Crippen LogP contribution in [0.4, 0.5) is 0 Å². The van der Waals surface area contributed by atoms with Gasteiger partial charge in [-0.15, -0.1) is 0 Å². The summed E-state index contributed by atoms with van der Waals surface area (Å²) in [6.45, 7) is 1.81. The Hall–Kier alpha value is -0.860. The van der Waals surface area contributed by atoms with Crippen molar-refractivity contribution >= 4 is 17.9 Å². The molecule has 3 heteroatoms. The Balaban J connectivity index is 2.93. The highest BCUT2D eigenvalue weighted by Gasteiger charge is 2.17. The zero-order chi connectivity index (χ0) is 11.3. The van der Waals surface area contributed by atoms with Gasteiger partial charge in [-0.1, -0.05) is 29.8 Å². The molecular formula is C12H15ClO2. The van der Waals surface area contributed by atoms with Crippen LogP contribution < -0.4 is 0 Å². The molecule has 0 fully saturated rings. The van der Waals surface area contributed by atoms with Gasteiger partial charge in [0.05, 0.1) is 5.03 Å². The van der Waals surface area contributed by atoms with Crippen molar-refractivity contribution in [2.45, 2.75) is 25.9 Å². The van der Waals surface area contributed by atoms with Crippen molar-refractivity contribution in [3.05, 3.63) is 34.4 Å². The van der Waals surface area contributed by atoms with Crippen molar-refractivity contribution in [1.29, 1.82) is 0 Å². The van der Waals surface area contributed by atoms with Gasteiger partial charge in [-0.2, -0.15) is 0 Å². The normalized spacial score (nSPS) is 19.3. The highest BCUT2D eigenvalue weighted by atomic mass is 35.5. The first kappa shape index (κ1) is 12.2. The third-order valence-electron chi connectivity index (χ3n) is 2.44. The van der Waals surface area contributed by atoms with Gasteiger partial charge in [-0.25, -0.2) is 0 Å². The predicted octanol–water partition coefficient (Wildman–Crippen LogP) is 2.99. The monoisotopic (exact) mass is 226 g/mol. The molecule has 0 aromatic heterocycles. The predicted molar refractivity (Wildman–Crippen MR) is 61.9 cm³/mol. The maximum Gasteiger partial charge on any atom is 0.161 e. The molecule has 1 atom stereocenters. The highest BCUT2D eigenvalue weighted by molar-refractivity contribution is 6.39. The van der Waals surface area contributed by atoms with Crippen molar-refractivity contribution in [3.8, 4) is 0 Å². The molecule has 0 amide bonds. The molecule has 1 aliphatic rings. The maximum absolute atomic E-state index is 10.6. The number of allylic oxidation sites excluding steroid dienone is 3. The lowest BCUT2D eigenvalue weighted by molar-refractivity contribution is -0.104. The molecule has 0 N–H and O–H groups in total. The average molecular weight is 227 g/mol. The minimum absolute atomic E-state index is 0.209. The smallest absolute Gasteiger partial charge is 0.161 e. The molecule has 0 radical (unpaired) electrons. The number of methoxy groups -OCH3 is 1. The minimum Gasteiger partial charge on any atom is -0.372 e. The summed E-state index contributed by atoms with van der Waals surface area (Å²) in [5, 5.41) is 0.224.